The predicted molar refractivity (Wildman–Crippen MR) is 84.8 cm³/mol. The first-order valence-electron chi connectivity index (χ1n) is 8.50. The first-order chi connectivity index (χ1) is 10.9. The van der Waals surface area contributed by atoms with Crippen LogP contribution >= 0.6 is 0 Å². The summed E-state index contributed by atoms with van der Waals surface area (Å²) >= 11 is 0. The van der Waals surface area contributed by atoms with Gasteiger partial charge in [-0.05, 0) is 32.6 Å². The van der Waals surface area contributed by atoms with E-state index in [0.717, 1.165) is 38.5 Å². The van der Waals surface area contributed by atoms with Crippen molar-refractivity contribution in [2.75, 3.05) is 6.54 Å². The molecule has 1 aromatic heterocycles. The first kappa shape index (κ1) is 16.2. The van der Waals surface area contributed by atoms with Gasteiger partial charge in [0.25, 0.3) is 0 Å². The topological polar surface area (TPSA) is 80.4 Å². The van der Waals surface area contributed by atoms with Gasteiger partial charge in [0.2, 0.25) is 5.91 Å². The zero-order valence-corrected chi connectivity index (χ0v) is 13.9. The fourth-order valence-electron chi connectivity index (χ4n) is 4.22. The summed E-state index contributed by atoms with van der Waals surface area (Å²) in [5.41, 5.74) is -0.980. The second kappa shape index (κ2) is 6.11. The molecule has 1 aliphatic carbocycles. The van der Waals surface area contributed by atoms with Gasteiger partial charge < -0.3 is 10.0 Å². The van der Waals surface area contributed by atoms with Gasteiger partial charge in [0, 0.05) is 25.6 Å². The van der Waals surface area contributed by atoms with E-state index in [-0.39, 0.29) is 30.1 Å². The second-order valence-corrected chi connectivity index (χ2v) is 7.19. The lowest BCUT2D eigenvalue weighted by Gasteiger charge is -2.43. The molecule has 1 saturated carbocycles. The third kappa shape index (κ3) is 3.06. The van der Waals surface area contributed by atoms with Crippen LogP contribution < -0.4 is 5.69 Å². The average Bonchev–Trinajstić information content (AvgIpc) is 3.09. The van der Waals surface area contributed by atoms with Gasteiger partial charge in [-0.25, -0.2) is 9.48 Å². The van der Waals surface area contributed by atoms with Crippen LogP contribution in [0.15, 0.2) is 11.1 Å². The maximum atomic E-state index is 12.7. The zero-order valence-electron chi connectivity index (χ0n) is 13.9. The smallest absolute Gasteiger partial charge is 0.345 e. The molecule has 0 spiro atoms. The molecule has 1 amide bonds. The molecule has 7 nitrogen and oxygen atoms in total. The van der Waals surface area contributed by atoms with E-state index in [0.29, 0.717) is 6.54 Å². The molecule has 1 saturated heterocycles. The molecular weight excluding hydrogens is 296 g/mol. The Morgan fingerprint density at radius 2 is 2.17 bits per heavy atom. The molecule has 3 atom stereocenters. The maximum Gasteiger partial charge on any atom is 0.345 e. The predicted octanol–water partition coefficient (Wildman–Crippen LogP) is 0.514. The summed E-state index contributed by atoms with van der Waals surface area (Å²) < 4.78 is 2.57. The molecule has 3 rings (SSSR count). The molecule has 23 heavy (non-hydrogen) atoms. The lowest BCUT2D eigenvalue weighted by molar-refractivity contribution is -0.137. The number of carbonyl (C=O) groups excluding carboxylic acids is 1. The third-order valence-corrected chi connectivity index (χ3v) is 5.50. The van der Waals surface area contributed by atoms with Gasteiger partial charge in [-0.3, -0.25) is 9.36 Å². The van der Waals surface area contributed by atoms with E-state index in [4.69, 9.17) is 0 Å². The molecule has 128 valence electrons. The Labute approximate surface area is 135 Å². The number of likely N-dealkylation sites (tertiary alicyclic amines) is 1. The SMILES string of the molecule is Cn1cnn(CC(=O)N2CCCC2C2CCCCC2(C)O)c1=O. The number of carbonyl (C=O) groups is 1. The van der Waals surface area contributed by atoms with E-state index in [2.05, 4.69) is 5.10 Å². The van der Waals surface area contributed by atoms with Crippen molar-refractivity contribution in [2.24, 2.45) is 13.0 Å². The minimum Gasteiger partial charge on any atom is -0.390 e. The van der Waals surface area contributed by atoms with E-state index in [1.54, 1.807) is 7.05 Å². The summed E-state index contributed by atoms with van der Waals surface area (Å²) in [5.74, 6) is 0.0535. The molecule has 2 fully saturated rings. The lowest BCUT2D eigenvalue weighted by Crippen LogP contribution is -2.51. The van der Waals surface area contributed by atoms with Gasteiger partial charge in [0.1, 0.15) is 12.9 Å². The van der Waals surface area contributed by atoms with E-state index < -0.39 is 5.60 Å². The van der Waals surface area contributed by atoms with Gasteiger partial charge in [-0.2, -0.15) is 5.10 Å². The van der Waals surface area contributed by atoms with Crippen LogP contribution in [0.3, 0.4) is 0 Å². The molecule has 1 N–H and O–H groups in total. The lowest BCUT2D eigenvalue weighted by atomic mass is 9.72. The highest BCUT2D eigenvalue weighted by atomic mass is 16.3. The highest BCUT2D eigenvalue weighted by molar-refractivity contribution is 5.76. The number of amides is 1. The van der Waals surface area contributed by atoms with Crippen molar-refractivity contribution in [3.63, 3.8) is 0 Å². The van der Waals surface area contributed by atoms with Crippen molar-refractivity contribution in [3.8, 4) is 0 Å². The summed E-state index contributed by atoms with van der Waals surface area (Å²) in [5, 5.41) is 14.7. The first-order valence-corrected chi connectivity index (χ1v) is 8.50. The number of hydrogen-bond donors (Lipinski definition) is 1. The van der Waals surface area contributed by atoms with Crippen molar-refractivity contribution < 1.29 is 9.90 Å². The van der Waals surface area contributed by atoms with Crippen LogP contribution in [-0.4, -0.2) is 48.4 Å². The minimum absolute atomic E-state index is 0.0228. The fourth-order valence-corrected chi connectivity index (χ4v) is 4.22. The minimum atomic E-state index is -0.701. The van der Waals surface area contributed by atoms with E-state index in [1.165, 1.54) is 15.6 Å². The van der Waals surface area contributed by atoms with Gasteiger partial charge >= 0.3 is 5.69 Å². The van der Waals surface area contributed by atoms with Gasteiger partial charge in [-0.15, -0.1) is 0 Å². The Morgan fingerprint density at radius 3 is 2.83 bits per heavy atom. The number of nitrogens with zero attached hydrogens (tertiary/aromatic N) is 4. The number of rotatable bonds is 3. The Kier molecular flexibility index (Phi) is 4.31. The van der Waals surface area contributed by atoms with Crippen LogP contribution in [0, 0.1) is 5.92 Å². The second-order valence-electron chi connectivity index (χ2n) is 7.19. The van der Waals surface area contributed by atoms with Crippen molar-refractivity contribution >= 4 is 5.91 Å². The Morgan fingerprint density at radius 1 is 1.39 bits per heavy atom. The number of aliphatic hydroxyl groups is 1. The van der Waals surface area contributed by atoms with Crippen LogP contribution in [0.2, 0.25) is 0 Å². The summed E-state index contributed by atoms with van der Waals surface area (Å²) in [6.07, 6.45) is 7.24. The molecule has 0 aromatic carbocycles. The molecule has 2 heterocycles. The Balaban J connectivity index is 1.74. The normalized spacial score (nSPS) is 31.5. The van der Waals surface area contributed by atoms with Crippen LogP contribution in [0.25, 0.3) is 0 Å². The third-order valence-electron chi connectivity index (χ3n) is 5.50. The summed E-state index contributed by atoms with van der Waals surface area (Å²) in [6, 6.07) is 0.0808. The molecule has 2 aliphatic rings. The standard InChI is InChI=1S/C16H26N4O3/c1-16(23)8-4-3-6-12(16)13-7-5-9-19(13)14(21)10-20-15(22)18(2)11-17-20/h11-13,23H,3-10H2,1-2H3. The number of hydrogen-bond acceptors (Lipinski definition) is 4. The maximum absolute atomic E-state index is 12.7. The van der Waals surface area contributed by atoms with Crippen molar-refractivity contribution in [1.82, 2.24) is 19.2 Å². The number of aromatic nitrogens is 3. The molecule has 3 unspecified atom stereocenters. The van der Waals surface area contributed by atoms with E-state index in [9.17, 15) is 14.7 Å². The number of aryl methyl sites for hydroxylation is 1. The fraction of sp³-hybridized carbons (Fsp3) is 0.812. The largest absolute Gasteiger partial charge is 0.390 e. The van der Waals surface area contributed by atoms with Gasteiger partial charge in [0.05, 0.1) is 5.60 Å². The Hall–Kier alpha value is -1.63. The van der Waals surface area contributed by atoms with Crippen molar-refractivity contribution in [3.05, 3.63) is 16.8 Å². The van der Waals surface area contributed by atoms with Crippen LogP contribution in [0.5, 0.6) is 0 Å². The van der Waals surface area contributed by atoms with Gasteiger partial charge in [0.15, 0.2) is 0 Å². The monoisotopic (exact) mass is 322 g/mol. The molecule has 1 aromatic rings. The molecule has 0 radical (unpaired) electrons. The summed E-state index contributed by atoms with van der Waals surface area (Å²) in [4.78, 5) is 26.4. The van der Waals surface area contributed by atoms with E-state index >= 15 is 0 Å². The quantitative estimate of drug-likeness (QED) is 0.879. The molecule has 1 aliphatic heterocycles. The van der Waals surface area contributed by atoms with Crippen molar-refractivity contribution in [2.45, 2.75) is 63.6 Å². The van der Waals surface area contributed by atoms with E-state index in [1.807, 2.05) is 11.8 Å². The highest BCUT2D eigenvalue weighted by Crippen LogP contribution is 2.40. The molecule has 0 bridgehead atoms. The van der Waals surface area contributed by atoms with Crippen LogP contribution in [-0.2, 0) is 18.4 Å². The molecule has 7 heteroatoms. The Bertz CT molecular complexity index is 634. The molecular formula is C16H26N4O3. The zero-order chi connectivity index (χ0) is 16.6. The summed E-state index contributed by atoms with van der Waals surface area (Å²) in [6.45, 7) is 2.59. The van der Waals surface area contributed by atoms with Crippen molar-refractivity contribution in [1.29, 1.82) is 0 Å². The summed E-state index contributed by atoms with van der Waals surface area (Å²) in [7, 11) is 1.62. The van der Waals surface area contributed by atoms with Crippen LogP contribution in [0.1, 0.15) is 45.4 Å². The average molecular weight is 322 g/mol. The highest BCUT2D eigenvalue weighted by Gasteiger charge is 2.44. The van der Waals surface area contributed by atoms with Gasteiger partial charge in [-0.1, -0.05) is 12.8 Å². The van der Waals surface area contributed by atoms with Crippen LogP contribution in [0.4, 0.5) is 0 Å².